The van der Waals surface area contributed by atoms with Crippen LogP contribution in [0.25, 0.3) is 0 Å². The smallest absolute Gasteiger partial charge is 0.133 e. The Labute approximate surface area is 181 Å². The molecule has 0 saturated heterocycles. The molecule has 29 heavy (non-hydrogen) atoms. The minimum absolute atomic E-state index is 0.467. The molecule has 1 nitrogen and oxygen atoms in total. The van der Waals surface area contributed by atoms with Crippen LogP contribution < -0.4 is 0 Å². The number of Topliss-reactive ketones (excluding diaryl/α,β-unsaturated/α-hetero) is 1. The van der Waals surface area contributed by atoms with Gasteiger partial charge in [-0.1, -0.05) is 54.4 Å². The largest absolute Gasteiger partial charge is 0.300 e. The quantitative estimate of drug-likeness (QED) is 0.458. The van der Waals surface area contributed by atoms with Gasteiger partial charge in [-0.2, -0.15) is 0 Å². The van der Waals surface area contributed by atoms with E-state index in [1.165, 1.54) is 57.8 Å². The molecule has 0 spiro atoms. The molecular formula is C28H48O. The fraction of sp³-hybridized carbons (Fsp3) is 0.964. The van der Waals surface area contributed by atoms with Crippen LogP contribution in [0.3, 0.4) is 0 Å². The maximum absolute atomic E-state index is 12.1. The van der Waals surface area contributed by atoms with Crippen molar-refractivity contribution in [1.82, 2.24) is 0 Å². The summed E-state index contributed by atoms with van der Waals surface area (Å²) in [5.41, 5.74) is 1.06. The average molecular weight is 401 g/mol. The van der Waals surface area contributed by atoms with Crippen LogP contribution in [0.4, 0.5) is 0 Å². The average Bonchev–Trinajstić information content (AvgIpc) is 3.03. The van der Waals surface area contributed by atoms with E-state index in [0.717, 1.165) is 54.3 Å². The molecule has 0 bridgehead atoms. The van der Waals surface area contributed by atoms with E-state index in [1.54, 1.807) is 0 Å². The molecular weight excluding hydrogens is 352 g/mol. The molecule has 0 aromatic rings. The molecule has 0 unspecified atom stereocenters. The number of fused-ring (bicyclic) bond motifs is 5. The molecule has 4 rings (SSSR count). The van der Waals surface area contributed by atoms with Gasteiger partial charge in [0.1, 0.15) is 5.78 Å². The van der Waals surface area contributed by atoms with Gasteiger partial charge in [0.2, 0.25) is 0 Å². The van der Waals surface area contributed by atoms with Crippen LogP contribution in [0.15, 0.2) is 0 Å². The van der Waals surface area contributed by atoms with Crippen LogP contribution in [0.5, 0.6) is 0 Å². The molecule has 0 aromatic carbocycles. The zero-order chi connectivity index (χ0) is 21.0. The molecule has 0 radical (unpaired) electrons. The highest BCUT2D eigenvalue weighted by Crippen LogP contribution is 2.68. The number of hydrogen-bond acceptors (Lipinski definition) is 1. The van der Waals surface area contributed by atoms with Crippen molar-refractivity contribution >= 4 is 5.78 Å². The standard InChI is InChI=1S/C28H48O/c1-18(2)19(3)7-8-20(4)24-11-12-25-23-10-9-21-17-22(29)13-15-27(21,5)26(23)14-16-28(24,25)6/h18-21,23-26H,7-17H2,1-6H3/t19-,20-,21+,23+,24-,25-,26-,27+,28-/m1/s1. The van der Waals surface area contributed by atoms with Crippen molar-refractivity contribution in [3.8, 4) is 0 Å². The molecule has 4 saturated carbocycles. The summed E-state index contributed by atoms with van der Waals surface area (Å²) in [7, 11) is 0. The normalized spacial score (nSPS) is 46.7. The first-order valence-electron chi connectivity index (χ1n) is 13.2. The maximum atomic E-state index is 12.1. The Morgan fingerprint density at radius 2 is 1.59 bits per heavy atom. The van der Waals surface area contributed by atoms with E-state index in [9.17, 15) is 4.79 Å². The second-order valence-corrected chi connectivity index (χ2v) is 12.9. The SMILES string of the molecule is CC(C)[C@H](C)CC[C@@H](C)[C@H]1CC[C@@H]2[C@@H]3CC[C@H]4CC(=O)CC[C@]4(C)[C@@H]3CC[C@@]21C. The third-order valence-corrected chi connectivity index (χ3v) is 11.5. The third kappa shape index (κ3) is 3.65. The van der Waals surface area contributed by atoms with Gasteiger partial charge < -0.3 is 0 Å². The van der Waals surface area contributed by atoms with Gasteiger partial charge in [-0.15, -0.1) is 0 Å². The fourth-order valence-corrected chi connectivity index (χ4v) is 9.08. The highest BCUT2D eigenvalue weighted by molar-refractivity contribution is 5.79. The van der Waals surface area contributed by atoms with E-state index < -0.39 is 0 Å². The first kappa shape index (κ1) is 21.9. The van der Waals surface area contributed by atoms with E-state index in [0.29, 0.717) is 22.5 Å². The lowest BCUT2D eigenvalue weighted by molar-refractivity contribution is -0.140. The van der Waals surface area contributed by atoms with Gasteiger partial charge in [-0.05, 0) is 103 Å². The van der Waals surface area contributed by atoms with E-state index in [-0.39, 0.29) is 0 Å². The second kappa shape index (κ2) is 7.98. The Morgan fingerprint density at radius 1 is 0.862 bits per heavy atom. The number of carbonyl (C=O) groups is 1. The van der Waals surface area contributed by atoms with Crippen LogP contribution in [0.2, 0.25) is 0 Å². The van der Waals surface area contributed by atoms with Crippen molar-refractivity contribution in [3.63, 3.8) is 0 Å². The maximum Gasteiger partial charge on any atom is 0.133 e. The van der Waals surface area contributed by atoms with Crippen molar-refractivity contribution in [3.05, 3.63) is 0 Å². The molecule has 4 aliphatic rings. The molecule has 1 heteroatoms. The second-order valence-electron chi connectivity index (χ2n) is 12.9. The third-order valence-electron chi connectivity index (χ3n) is 11.5. The fourth-order valence-electron chi connectivity index (χ4n) is 9.08. The monoisotopic (exact) mass is 400 g/mol. The Bertz CT molecular complexity index is 607. The van der Waals surface area contributed by atoms with Gasteiger partial charge in [0, 0.05) is 12.8 Å². The van der Waals surface area contributed by atoms with Gasteiger partial charge in [-0.3, -0.25) is 4.79 Å². The molecule has 0 amide bonds. The summed E-state index contributed by atoms with van der Waals surface area (Å²) >= 11 is 0. The van der Waals surface area contributed by atoms with Crippen LogP contribution in [0.1, 0.15) is 112 Å². The highest BCUT2D eigenvalue weighted by Gasteiger charge is 2.60. The van der Waals surface area contributed by atoms with Gasteiger partial charge >= 0.3 is 0 Å². The first-order chi connectivity index (χ1) is 13.7. The Morgan fingerprint density at radius 3 is 2.31 bits per heavy atom. The summed E-state index contributed by atoms with van der Waals surface area (Å²) in [6.45, 7) is 15.1. The van der Waals surface area contributed by atoms with Crippen molar-refractivity contribution < 1.29 is 4.79 Å². The van der Waals surface area contributed by atoms with Gasteiger partial charge in [0.25, 0.3) is 0 Å². The van der Waals surface area contributed by atoms with Crippen LogP contribution in [-0.2, 0) is 4.79 Å². The highest BCUT2D eigenvalue weighted by atomic mass is 16.1. The lowest BCUT2D eigenvalue weighted by Gasteiger charge is -2.60. The summed E-state index contributed by atoms with van der Waals surface area (Å²) < 4.78 is 0. The van der Waals surface area contributed by atoms with E-state index in [1.807, 2.05) is 0 Å². The van der Waals surface area contributed by atoms with Crippen molar-refractivity contribution in [1.29, 1.82) is 0 Å². The number of ketones is 1. The minimum Gasteiger partial charge on any atom is -0.300 e. The lowest BCUT2D eigenvalue weighted by atomic mass is 9.44. The molecule has 0 aliphatic heterocycles. The molecule has 166 valence electrons. The Hall–Kier alpha value is -0.330. The zero-order valence-electron chi connectivity index (χ0n) is 20.3. The van der Waals surface area contributed by atoms with Gasteiger partial charge in [0.15, 0.2) is 0 Å². The topological polar surface area (TPSA) is 17.1 Å². The zero-order valence-corrected chi connectivity index (χ0v) is 20.3. The predicted octanol–water partition coefficient (Wildman–Crippen LogP) is 7.92. The molecule has 0 N–H and O–H groups in total. The van der Waals surface area contributed by atoms with Gasteiger partial charge in [0.05, 0.1) is 0 Å². The van der Waals surface area contributed by atoms with Gasteiger partial charge in [-0.25, -0.2) is 0 Å². The van der Waals surface area contributed by atoms with E-state index >= 15 is 0 Å². The minimum atomic E-state index is 0.467. The molecule has 9 atom stereocenters. The van der Waals surface area contributed by atoms with Crippen molar-refractivity contribution in [2.45, 2.75) is 112 Å². The first-order valence-corrected chi connectivity index (χ1v) is 13.2. The van der Waals surface area contributed by atoms with Crippen LogP contribution in [0, 0.1) is 58.2 Å². The Balaban J connectivity index is 1.46. The van der Waals surface area contributed by atoms with Crippen LogP contribution in [-0.4, -0.2) is 5.78 Å². The van der Waals surface area contributed by atoms with E-state index in [4.69, 9.17) is 0 Å². The Kier molecular flexibility index (Phi) is 6.02. The molecule has 4 aliphatic carbocycles. The summed E-state index contributed by atoms with van der Waals surface area (Å²) in [6.07, 6.45) is 14.4. The summed E-state index contributed by atoms with van der Waals surface area (Å²) in [6, 6.07) is 0. The summed E-state index contributed by atoms with van der Waals surface area (Å²) in [5, 5.41) is 0. The molecule has 4 fully saturated rings. The number of carbonyl (C=O) groups excluding carboxylic acids is 1. The molecule has 0 heterocycles. The van der Waals surface area contributed by atoms with Crippen molar-refractivity contribution in [2.24, 2.45) is 58.2 Å². The van der Waals surface area contributed by atoms with E-state index in [2.05, 4.69) is 41.5 Å². The number of rotatable bonds is 5. The van der Waals surface area contributed by atoms with Crippen molar-refractivity contribution in [2.75, 3.05) is 0 Å². The molecule has 0 aromatic heterocycles. The summed E-state index contributed by atoms with van der Waals surface area (Å²) in [5.74, 6) is 7.60. The summed E-state index contributed by atoms with van der Waals surface area (Å²) in [4.78, 5) is 12.1. The number of hydrogen-bond donors (Lipinski definition) is 0. The predicted molar refractivity (Wildman–Crippen MR) is 123 cm³/mol. The lowest BCUT2D eigenvalue weighted by Crippen LogP contribution is -2.53. The van der Waals surface area contributed by atoms with Crippen LogP contribution >= 0.6 is 0 Å².